The highest BCUT2D eigenvalue weighted by Gasteiger charge is 2.09. The smallest absolute Gasteiger partial charge is 0.100 e. The standard InChI is InChI=1S/C14H13N3/c1-9-4-2-3-5-11(9)14-12-8-10(15)6-7-13(12)16-17-14/h2-8H,15H2,1H3,(H,16,17). The topological polar surface area (TPSA) is 54.7 Å². The summed E-state index contributed by atoms with van der Waals surface area (Å²) in [5.74, 6) is 0. The second-order valence-electron chi connectivity index (χ2n) is 4.19. The number of nitrogens with zero attached hydrogens (tertiary/aromatic N) is 1. The molecule has 0 bridgehead atoms. The minimum absolute atomic E-state index is 0.758. The van der Waals surface area contributed by atoms with Crippen LogP contribution in [0.4, 0.5) is 5.69 Å². The van der Waals surface area contributed by atoms with E-state index in [1.807, 2.05) is 30.3 Å². The summed E-state index contributed by atoms with van der Waals surface area (Å²) < 4.78 is 0. The SMILES string of the molecule is Cc1ccccc1-c1n[nH]c2ccc(N)cc12. The molecular formula is C14H13N3. The number of rotatable bonds is 1. The number of nitrogens with one attached hydrogen (secondary N) is 1. The maximum atomic E-state index is 5.83. The molecule has 3 nitrogen and oxygen atoms in total. The zero-order valence-corrected chi connectivity index (χ0v) is 9.57. The summed E-state index contributed by atoms with van der Waals surface area (Å²) in [7, 11) is 0. The molecule has 0 fully saturated rings. The molecule has 3 aromatic rings. The molecular weight excluding hydrogens is 210 g/mol. The number of hydrogen-bond acceptors (Lipinski definition) is 2. The Bertz CT molecular complexity index is 683. The molecule has 0 aliphatic rings. The molecule has 0 spiro atoms. The summed E-state index contributed by atoms with van der Waals surface area (Å²) in [6.45, 7) is 2.09. The first-order valence-corrected chi connectivity index (χ1v) is 5.55. The Balaban J connectivity index is 2.31. The number of aryl methyl sites for hydroxylation is 1. The summed E-state index contributed by atoms with van der Waals surface area (Å²) in [6.07, 6.45) is 0. The van der Waals surface area contributed by atoms with Crippen LogP contribution in [0.3, 0.4) is 0 Å². The minimum atomic E-state index is 0.758. The van der Waals surface area contributed by atoms with Crippen molar-refractivity contribution in [1.82, 2.24) is 10.2 Å². The van der Waals surface area contributed by atoms with Crippen LogP contribution in [0.2, 0.25) is 0 Å². The van der Waals surface area contributed by atoms with Gasteiger partial charge in [0.15, 0.2) is 0 Å². The summed E-state index contributed by atoms with van der Waals surface area (Å²) in [5, 5.41) is 8.49. The number of nitrogen functional groups attached to an aromatic ring is 1. The maximum Gasteiger partial charge on any atom is 0.100 e. The molecule has 1 heterocycles. The van der Waals surface area contributed by atoms with Crippen molar-refractivity contribution in [2.24, 2.45) is 0 Å². The Hall–Kier alpha value is -2.29. The summed E-state index contributed by atoms with van der Waals surface area (Å²) in [6, 6.07) is 14.0. The second kappa shape index (κ2) is 3.63. The van der Waals surface area contributed by atoms with E-state index in [0.29, 0.717) is 0 Å². The highest BCUT2D eigenvalue weighted by atomic mass is 15.1. The van der Waals surface area contributed by atoms with Gasteiger partial charge in [0, 0.05) is 16.6 Å². The fourth-order valence-corrected chi connectivity index (χ4v) is 2.08. The molecule has 3 N–H and O–H groups in total. The number of fused-ring (bicyclic) bond motifs is 1. The van der Waals surface area contributed by atoms with Gasteiger partial charge in [0.25, 0.3) is 0 Å². The van der Waals surface area contributed by atoms with E-state index in [4.69, 9.17) is 5.73 Å². The van der Waals surface area contributed by atoms with Crippen LogP contribution >= 0.6 is 0 Å². The second-order valence-corrected chi connectivity index (χ2v) is 4.19. The number of benzene rings is 2. The average molecular weight is 223 g/mol. The van der Waals surface area contributed by atoms with E-state index < -0.39 is 0 Å². The van der Waals surface area contributed by atoms with Gasteiger partial charge in [-0.2, -0.15) is 5.10 Å². The van der Waals surface area contributed by atoms with Crippen LogP contribution in [0.1, 0.15) is 5.56 Å². The molecule has 0 unspecified atom stereocenters. The zero-order chi connectivity index (χ0) is 11.8. The first-order chi connectivity index (χ1) is 8.25. The van der Waals surface area contributed by atoms with Crippen molar-refractivity contribution in [1.29, 1.82) is 0 Å². The van der Waals surface area contributed by atoms with E-state index in [2.05, 4.69) is 29.3 Å². The van der Waals surface area contributed by atoms with Crippen molar-refractivity contribution in [2.45, 2.75) is 6.92 Å². The van der Waals surface area contributed by atoms with Gasteiger partial charge in [-0.3, -0.25) is 5.10 Å². The third kappa shape index (κ3) is 1.56. The van der Waals surface area contributed by atoms with Crippen molar-refractivity contribution >= 4 is 16.6 Å². The third-order valence-corrected chi connectivity index (χ3v) is 2.99. The van der Waals surface area contributed by atoms with Gasteiger partial charge >= 0.3 is 0 Å². The largest absolute Gasteiger partial charge is 0.399 e. The first-order valence-electron chi connectivity index (χ1n) is 5.55. The van der Waals surface area contributed by atoms with Gasteiger partial charge in [-0.15, -0.1) is 0 Å². The van der Waals surface area contributed by atoms with Crippen LogP contribution < -0.4 is 5.73 Å². The Morgan fingerprint density at radius 1 is 1.12 bits per heavy atom. The van der Waals surface area contributed by atoms with Gasteiger partial charge in [0.2, 0.25) is 0 Å². The Morgan fingerprint density at radius 2 is 1.94 bits per heavy atom. The molecule has 0 radical (unpaired) electrons. The lowest BCUT2D eigenvalue weighted by atomic mass is 10.0. The van der Waals surface area contributed by atoms with Crippen molar-refractivity contribution in [2.75, 3.05) is 5.73 Å². The minimum Gasteiger partial charge on any atom is -0.399 e. The van der Waals surface area contributed by atoms with Crippen LogP contribution in [-0.4, -0.2) is 10.2 Å². The Labute approximate surface area is 99.3 Å². The Morgan fingerprint density at radius 3 is 2.76 bits per heavy atom. The molecule has 0 atom stereocenters. The van der Waals surface area contributed by atoms with Crippen LogP contribution in [0.25, 0.3) is 22.2 Å². The molecule has 0 aliphatic carbocycles. The van der Waals surface area contributed by atoms with Gasteiger partial charge < -0.3 is 5.73 Å². The van der Waals surface area contributed by atoms with Crippen molar-refractivity contribution in [3.8, 4) is 11.3 Å². The number of nitrogens with two attached hydrogens (primary N) is 1. The molecule has 1 aromatic heterocycles. The highest BCUT2D eigenvalue weighted by Crippen LogP contribution is 2.29. The van der Waals surface area contributed by atoms with Crippen molar-refractivity contribution in [3.63, 3.8) is 0 Å². The van der Waals surface area contributed by atoms with Crippen LogP contribution in [-0.2, 0) is 0 Å². The van der Waals surface area contributed by atoms with E-state index in [-0.39, 0.29) is 0 Å². The molecule has 17 heavy (non-hydrogen) atoms. The molecule has 84 valence electrons. The van der Waals surface area contributed by atoms with E-state index in [9.17, 15) is 0 Å². The Kier molecular flexibility index (Phi) is 2.11. The summed E-state index contributed by atoms with van der Waals surface area (Å²) in [4.78, 5) is 0. The number of aromatic amines is 1. The number of hydrogen-bond donors (Lipinski definition) is 2. The fraction of sp³-hybridized carbons (Fsp3) is 0.0714. The zero-order valence-electron chi connectivity index (χ0n) is 9.57. The van der Waals surface area contributed by atoms with Gasteiger partial charge in [-0.1, -0.05) is 24.3 Å². The quantitative estimate of drug-likeness (QED) is 0.623. The van der Waals surface area contributed by atoms with E-state index >= 15 is 0 Å². The van der Waals surface area contributed by atoms with E-state index in [0.717, 1.165) is 27.8 Å². The lowest BCUT2D eigenvalue weighted by Gasteiger charge is -2.02. The van der Waals surface area contributed by atoms with Crippen molar-refractivity contribution < 1.29 is 0 Å². The predicted octanol–water partition coefficient (Wildman–Crippen LogP) is 3.12. The lowest BCUT2D eigenvalue weighted by molar-refractivity contribution is 1.12. The summed E-state index contributed by atoms with van der Waals surface area (Å²) >= 11 is 0. The van der Waals surface area contributed by atoms with Gasteiger partial charge in [-0.05, 0) is 30.7 Å². The first kappa shape index (κ1) is 9.90. The lowest BCUT2D eigenvalue weighted by Crippen LogP contribution is -1.85. The molecule has 0 saturated carbocycles. The van der Waals surface area contributed by atoms with Crippen LogP contribution in [0.15, 0.2) is 42.5 Å². The van der Waals surface area contributed by atoms with Crippen LogP contribution in [0.5, 0.6) is 0 Å². The van der Waals surface area contributed by atoms with Gasteiger partial charge in [0.1, 0.15) is 5.69 Å². The molecule has 0 amide bonds. The molecule has 0 saturated heterocycles. The van der Waals surface area contributed by atoms with Gasteiger partial charge in [-0.25, -0.2) is 0 Å². The van der Waals surface area contributed by atoms with Crippen LogP contribution in [0, 0.1) is 6.92 Å². The van der Waals surface area contributed by atoms with Gasteiger partial charge in [0.05, 0.1) is 5.52 Å². The molecule has 0 aliphatic heterocycles. The monoisotopic (exact) mass is 223 g/mol. The van der Waals surface area contributed by atoms with Crippen molar-refractivity contribution in [3.05, 3.63) is 48.0 Å². The number of anilines is 1. The third-order valence-electron chi connectivity index (χ3n) is 2.99. The molecule has 2 aromatic carbocycles. The summed E-state index contributed by atoms with van der Waals surface area (Å²) in [5.41, 5.74) is 10.9. The molecule has 3 heteroatoms. The number of H-pyrrole nitrogens is 1. The normalized spacial score (nSPS) is 10.9. The number of aromatic nitrogens is 2. The predicted molar refractivity (Wildman–Crippen MR) is 70.7 cm³/mol. The molecule has 3 rings (SSSR count). The average Bonchev–Trinajstić information content (AvgIpc) is 2.72. The van der Waals surface area contributed by atoms with E-state index in [1.54, 1.807) is 0 Å². The maximum absolute atomic E-state index is 5.83. The highest BCUT2D eigenvalue weighted by molar-refractivity contribution is 5.95. The fourth-order valence-electron chi connectivity index (χ4n) is 2.08. The van der Waals surface area contributed by atoms with E-state index in [1.165, 1.54) is 5.56 Å².